The molecule has 0 bridgehead atoms. The Morgan fingerprint density at radius 2 is 1.91 bits per heavy atom. The number of carbonyl (C=O) groups is 1. The summed E-state index contributed by atoms with van der Waals surface area (Å²) in [5.74, 6) is -1.20. The second-order valence-electron chi connectivity index (χ2n) is 5.36. The van der Waals surface area contributed by atoms with Crippen molar-refractivity contribution in [3.05, 3.63) is 65.5 Å². The van der Waals surface area contributed by atoms with Crippen molar-refractivity contribution in [2.24, 2.45) is 0 Å². The van der Waals surface area contributed by atoms with Gasteiger partial charge in [0, 0.05) is 6.04 Å². The minimum Gasteiger partial charge on any atom is -0.494 e. The number of carbonyl (C=O) groups excluding carboxylic acids is 1. The van der Waals surface area contributed by atoms with Crippen LogP contribution >= 0.6 is 0 Å². The Labute approximate surface area is 134 Å². The van der Waals surface area contributed by atoms with Gasteiger partial charge in [-0.3, -0.25) is 4.79 Å². The minimum atomic E-state index is -0.693. The highest BCUT2D eigenvalue weighted by atomic mass is 19.1. The molecule has 4 nitrogen and oxygen atoms in total. The van der Waals surface area contributed by atoms with Gasteiger partial charge < -0.3 is 15.2 Å². The number of hydrogen-bond donors (Lipinski definition) is 2. The van der Waals surface area contributed by atoms with Crippen molar-refractivity contribution in [1.82, 2.24) is 5.32 Å². The molecule has 0 aliphatic carbocycles. The number of halogens is 1. The zero-order chi connectivity index (χ0) is 16.8. The molecule has 2 atom stereocenters. The van der Waals surface area contributed by atoms with E-state index in [4.69, 9.17) is 4.74 Å². The van der Waals surface area contributed by atoms with E-state index in [0.717, 1.165) is 5.56 Å². The summed E-state index contributed by atoms with van der Waals surface area (Å²) in [5.41, 5.74) is 0.701. The lowest BCUT2D eigenvalue weighted by atomic mass is 10.0. The number of hydrogen-bond acceptors (Lipinski definition) is 3. The molecule has 2 rings (SSSR count). The molecule has 2 aromatic rings. The van der Waals surface area contributed by atoms with Gasteiger partial charge in [0.15, 0.2) is 11.6 Å². The second-order valence-corrected chi connectivity index (χ2v) is 5.36. The summed E-state index contributed by atoms with van der Waals surface area (Å²) < 4.78 is 18.9. The third-order valence-corrected chi connectivity index (χ3v) is 3.57. The van der Waals surface area contributed by atoms with E-state index in [0.29, 0.717) is 6.42 Å². The van der Waals surface area contributed by atoms with Crippen molar-refractivity contribution in [3.63, 3.8) is 0 Å². The van der Waals surface area contributed by atoms with Gasteiger partial charge in [0.05, 0.1) is 18.8 Å². The van der Waals surface area contributed by atoms with Gasteiger partial charge in [-0.2, -0.15) is 0 Å². The second kappa shape index (κ2) is 7.74. The molecule has 0 aromatic heterocycles. The van der Waals surface area contributed by atoms with E-state index >= 15 is 0 Å². The molecule has 5 heteroatoms. The number of benzene rings is 2. The third kappa shape index (κ3) is 4.29. The molecule has 0 saturated carbocycles. The first-order valence-electron chi connectivity index (χ1n) is 7.39. The van der Waals surface area contributed by atoms with E-state index in [1.54, 1.807) is 13.0 Å². The van der Waals surface area contributed by atoms with Gasteiger partial charge in [-0.05, 0) is 31.0 Å². The van der Waals surface area contributed by atoms with Gasteiger partial charge in [-0.1, -0.05) is 36.4 Å². The Hall–Kier alpha value is -2.40. The van der Waals surface area contributed by atoms with Gasteiger partial charge in [0.25, 0.3) is 5.91 Å². The van der Waals surface area contributed by atoms with Crippen LogP contribution in [0, 0.1) is 5.82 Å². The number of amides is 1. The van der Waals surface area contributed by atoms with Gasteiger partial charge in [0.2, 0.25) is 0 Å². The molecule has 0 aliphatic heterocycles. The van der Waals surface area contributed by atoms with Crippen molar-refractivity contribution < 1.29 is 19.0 Å². The normalized spacial score (nSPS) is 13.2. The van der Waals surface area contributed by atoms with Crippen LogP contribution in [0.15, 0.2) is 48.5 Å². The fourth-order valence-corrected chi connectivity index (χ4v) is 2.35. The molecular formula is C18H20FNO3. The predicted molar refractivity (Wildman–Crippen MR) is 85.9 cm³/mol. The summed E-state index contributed by atoms with van der Waals surface area (Å²) in [5, 5.41) is 12.9. The molecule has 0 heterocycles. The maximum Gasteiger partial charge on any atom is 0.254 e. The van der Waals surface area contributed by atoms with Crippen molar-refractivity contribution in [1.29, 1.82) is 0 Å². The van der Waals surface area contributed by atoms with Gasteiger partial charge in [0.1, 0.15) is 0 Å². The van der Waals surface area contributed by atoms with Crippen molar-refractivity contribution in [2.45, 2.75) is 25.5 Å². The van der Waals surface area contributed by atoms with Gasteiger partial charge in [-0.25, -0.2) is 4.39 Å². The molecule has 1 amide bonds. The monoisotopic (exact) mass is 317 g/mol. The molecule has 23 heavy (non-hydrogen) atoms. The predicted octanol–water partition coefficient (Wildman–Crippen LogP) is 3.08. The van der Waals surface area contributed by atoms with Crippen LogP contribution in [0.2, 0.25) is 0 Å². The van der Waals surface area contributed by atoms with Crippen molar-refractivity contribution >= 4 is 5.91 Å². The SMILES string of the molecule is COc1cccc(C(=O)NC(C)CC(O)c2ccccc2)c1F. The first-order valence-corrected chi connectivity index (χ1v) is 7.39. The highest BCUT2D eigenvalue weighted by Gasteiger charge is 2.19. The van der Waals surface area contributed by atoms with Crippen LogP contribution < -0.4 is 10.1 Å². The average Bonchev–Trinajstić information content (AvgIpc) is 2.55. The number of nitrogens with one attached hydrogen (secondary N) is 1. The zero-order valence-corrected chi connectivity index (χ0v) is 13.1. The van der Waals surface area contributed by atoms with E-state index in [2.05, 4.69) is 5.32 Å². The molecule has 0 spiro atoms. The Balaban J connectivity index is 2.00. The topological polar surface area (TPSA) is 58.6 Å². The van der Waals surface area contributed by atoms with Crippen LogP contribution in [0.25, 0.3) is 0 Å². The zero-order valence-electron chi connectivity index (χ0n) is 13.1. The molecular weight excluding hydrogens is 297 g/mol. The quantitative estimate of drug-likeness (QED) is 0.861. The summed E-state index contributed by atoms with van der Waals surface area (Å²) in [6.45, 7) is 1.77. The fourth-order valence-electron chi connectivity index (χ4n) is 2.35. The van der Waals surface area contributed by atoms with Crippen molar-refractivity contribution in [3.8, 4) is 5.75 Å². The Bertz CT molecular complexity index is 661. The van der Waals surface area contributed by atoms with E-state index in [1.807, 2.05) is 30.3 Å². The third-order valence-electron chi connectivity index (χ3n) is 3.57. The lowest BCUT2D eigenvalue weighted by Crippen LogP contribution is -2.34. The number of rotatable bonds is 6. The van der Waals surface area contributed by atoms with E-state index in [1.165, 1.54) is 19.2 Å². The van der Waals surface area contributed by atoms with Crippen LogP contribution in [-0.4, -0.2) is 24.2 Å². The number of aliphatic hydroxyl groups excluding tert-OH is 1. The first kappa shape index (κ1) is 17.0. The summed E-state index contributed by atoms with van der Waals surface area (Å²) in [7, 11) is 1.35. The highest BCUT2D eigenvalue weighted by molar-refractivity contribution is 5.95. The van der Waals surface area contributed by atoms with Gasteiger partial charge >= 0.3 is 0 Å². The Kier molecular flexibility index (Phi) is 5.71. The smallest absolute Gasteiger partial charge is 0.254 e. The lowest BCUT2D eigenvalue weighted by Gasteiger charge is -2.18. The molecule has 0 aliphatic rings. The maximum atomic E-state index is 14.1. The van der Waals surface area contributed by atoms with Crippen LogP contribution in [0.1, 0.15) is 35.4 Å². The van der Waals surface area contributed by atoms with Crippen LogP contribution in [0.3, 0.4) is 0 Å². The molecule has 2 N–H and O–H groups in total. The molecule has 122 valence electrons. The van der Waals surface area contributed by atoms with E-state index in [-0.39, 0.29) is 17.4 Å². The van der Waals surface area contributed by atoms with Crippen LogP contribution in [0.5, 0.6) is 5.75 Å². The average molecular weight is 317 g/mol. The van der Waals surface area contributed by atoms with Crippen LogP contribution in [-0.2, 0) is 0 Å². The van der Waals surface area contributed by atoms with Crippen LogP contribution in [0.4, 0.5) is 4.39 Å². The lowest BCUT2D eigenvalue weighted by molar-refractivity contribution is 0.0912. The largest absolute Gasteiger partial charge is 0.494 e. The molecule has 0 radical (unpaired) electrons. The Morgan fingerprint density at radius 3 is 2.57 bits per heavy atom. The number of aliphatic hydroxyl groups is 1. The summed E-state index contributed by atoms with van der Waals surface area (Å²) in [6.07, 6.45) is -0.358. The Morgan fingerprint density at radius 1 is 1.22 bits per heavy atom. The number of methoxy groups -OCH3 is 1. The molecule has 2 aromatic carbocycles. The summed E-state index contributed by atoms with van der Waals surface area (Å²) in [6, 6.07) is 13.3. The molecule has 2 unspecified atom stereocenters. The standard InChI is InChI=1S/C18H20FNO3/c1-12(11-15(21)13-7-4-3-5-8-13)20-18(22)14-9-6-10-16(23-2)17(14)19/h3-10,12,15,21H,11H2,1-2H3,(H,20,22). The van der Waals surface area contributed by atoms with E-state index < -0.39 is 17.8 Å². The van der Waals surface area contributed by atoms with E-state index in [9.17, 15) is 14.3 Å². The molecule has 0 fully saturated rings. The van der Waals surface area contributed by atoms with Gasteiger partial charge in [-0.15, -0.1) is 0 Å². The van der Waals surface area contributed by atoms with Crippen molar-refractivity contribution in [2.75, 3.05) is 7.11 Å². The summed E-state index contributed by atoms with van der Waals surface area (Å²) >= 11 is 0. The first-order chi connectivity index (χ1) is 11.0. The highest BCUT2D eigenvalue weighted by Crippen LogP contribution is 2.21. The minimum absolute atomic E-state index is 0.0228. The number of ether oxygens (including phenoxy) is 1. The maximum absolute atomic E-state index is 14.1. The summed E-state index contributed by atoms with van der Waals surface area (Å²) in [4.78, 5) is 12.2. The fraction of sp³-hybridized carbons (Fsp3) is 0.278. The molecule has 0 saturated heterocycles.